The van der Waals surface area contributed by atoms with Crippen LogP contribution in [0.3, 0.4) is 0 Å². The van der Waals surface area contributed by atoms with Crippen LogP contribution in [0, 0.1) is 17.5 Å². The van der Waals surface area contributed by atoms with Gasteiger partial charge in [-0.25, -0.2) is 13.2 Å². The summed E-state index contributed by atoms with van der Waals surface area (Å²) in [4.78, 5) is 0. The van der Waals surface area contributed by atoms with Gasteiger partial charge in [0.1, 0.15) is 5.82 Å². The van der Waals surface area contributed by atoms with Crippen molar-refractivity contribution in [1.82, 2.24) is 14.8 Å². The van der Waals surface area contributed by atoms with Gasteiger partial charge in [0.2, 0.25) is 0 Å². The lowest BCUT2D eigenvalue weighted by Crippen LogP contribution is -2.30. The van der Waals surface area contributed by atoms with Crippen LogP contribution in [0.4, 0.5) is 13.2 Å². The average Bonchev–Trinajstić information content (AvgIpc) is 2.93. The molecule has 0 unspecified atom stereocenters. The van der Waals surface area contributed by atoms with Crippen LogP contribution in [-0.2, 0) is 12.6 Å². The van der Waals surface area contributed by atoms with E-state index in [0.29, 0.717) is 11.4 Å². The minimum absolute atomic E-state index is 0.0814. The van der Waals surface area contributed by atoms with Gasteiger partial charge in [0.05, 0.1) is 5.02 Å². The Morgan fingerprint density at radius 3 is 2.22 bits per heavy atom. The molecule has 0 bridgehead atoms. The molecule has 142 valence electrons. The molecular formula is C18H14Cl2F3N3O. The summed E-state index contributed by atoms with van der Waals surface area (Å²) in [5.41, 5.74) is -0.791. The first kappa shape index (κ1) is 19.5. The molecule has 1 aromatic heterocycles. The molecule has 0 fully saturated rings. The second kappa shape index (κ2) is 7.05. The molecule has 0 saturated heterocycles. The van der Waals surface area contributed by atoms with Crippen LogP contribution in [0.1, 0.15) is 19.7 Å². The predicted octanol–water partition coefficient (Wildman–Crippen LogP) is 5.52. The minimum atomic E-state index is -1.25. The molecule has 2 aromatic carbocycles. The van der Waals surface area contributed by atoms with Crippen molar-refractivity contribution in [3.05, 3.63) is 63.7 Å². The second-order valence-electron chi connectivity index (χ2n) is 6.34. The molecule has 3 aromatic rings. The van der Waals surface area contributed by atoms with E-state index in [1.165, 1.54) is 12.1 Å². The van der Waals surface area contributed by atoms with Crippen molar-refractivity contribution >= 4 is 23.2 Å². The summed E-state index contributed by atoms with van der Waals surface area (Å²) in [7, 11) is 1.64. The van der Waals surface area contributed by atoms with Crippen LogP contribution in [0.5, 0.6) is 5.75 Å². The molecule has 3 rings (SSSR count). The standard InChI is InChI=1S/C18H14Cl2F3N3O/c1-18(2,27-15-13(22)6-9(19)7-14(15)23)17-25-24-16(26(17)3)11-5-4-10(21)8-12(11)20/h4-8H,1-3H3. The van der Waals surface area contributed by atoms with Gasteiger partial charge in [-0.1, -0.05) is 23.2 Å². The molecule has 0 spiro atoms. The predicted molar refractivity (Wildman–Crippen MR) is 96.4 cm³/mol. The lowest BCUT2D eigenvalue weighted by Gasteiger charge is -2.26. The van der Waals surface area contributed by atoms with Crippen LogP contribution in [0.25, 0.3) is 11.4 Å². The molecule has 0 radical (unpaired) electrons. The van der Waals surface area contributed by atoms with Crippen molar-refractivity contribution < 1.29 is 17.9 Å². The first-order valence-corrected chi connectivity index (χ1v) is 8.54. The van der Waals surface area contributed by atoms with Crippen LogP contribution < -0.4 is 4.74 Å². The smallest absolute Gasteiger partial charge is 0.192 e. The van der Waals surface area contributed by atoms with Crippen molar-refractivity contribution in [2.24, 2.45) is 7.05 Å². The zero-order valence-electron chi connectivity index (χ0n) is 14.5. The minimum Gasteiger partial charge on any atom is -0.474 e. The lowest BCUT2D eigenvalue weighted by molar-refractivity contribution is 0.0836. The Labute approximate surface area is 163 Å². The summed E-state index contributed by atoms with van der Waals surface area (Å²) in [5, 5.41) is 8.20. The Hall–Kier alpha value is -2.25. The fourth-order valence-corrected chi connectivity index (χ4v) is 3.13. The highest BCUT2D eigenvalue weighted by Gasteiger charge is 2.32. The van der Waals surface area contributed by atoms with Gasteiger partial charge in [0.25, 0.3) is 0 Å². The molecular weight excluding hydrogens is 402 g/mol. The topological polar surface area (TPSA) is 39.9 Å². The zero-order valence-corrected chi connectivity index (χ0v) is 16.0. The quantitative estimate of drug-likeness (QED) is 0.562. The normalized spacial score (nSPS) is 11.7. The van der Waals surface area contributed by atoms with E-state index in [2.05, 4.69) is 10.2 Å². The van der Waals surface area contributed by atoms with Crippen molar-refractivity contribution in [3.8, 4) is 17.1 Å². The Balaban J connectivity index is 2.00. The van der Waals surface area contributed by atoms with Crippen LogP contribution in [0.15, 0.2) is 30.3 Å². The molecule has 0 atom stereocenters. The van der Waals surface area contributed by atoms with Gasteiger partial charge in [-0.2, -0.15) is 0 Å². The van der Waals surface area contributed by atoms with Gasteiger partial charge in [0.15, 0.2) is 34.6 Å². The van der Waals surface area contributed by atoms with Crippen molar-refractivity contribution in [3.63, 3.8) is 0 Å². The molecule has 0 aliphatic carbocycles. The number of nitrogens with zero attached hydrogens (tertiary/aromatic N) is 3. The third-order valence-corrected chi connectivity index (χ3v) is 4.44. The number of hydrogen-bond donors (Lipinski definition) is 0. The largest absolute Gasteiger partial charge is 0.474 e. The van der Waals surface area contributed by atoms with Crippen molar-refractivity contribution in [2.45, 2.75) is 19.4 Å². The number of ether oxygens (including phenoxy) is 1. The molecule has 0 N–H and O–H groups in total. The Bertz CT molecular complexity index is 998. The van der Waals surface area contributed by atoms with Gasteiger partial charge < -0.3 is 9.30 Å². The van der Waals surface area contributed by atoms with E-state index in [-0.39, 0.29) is 15.9 Å². The molecule has 0 amide bonds. The van der Waals surface area contributed by atoms with Gasteiger partial charge in [-0.15, -0.1) is 10.2 Å². The van der Waals surface area contributed by atoms with Gasteiger partial charge >= 0.3 is 0 Å². The maximum Gasteiger partial charge on any atom is 0.192 e. The highest BCUT2D eigenvalue weighted by atomic mass is 35.5. The summed E-state index contributed by atoms with van der Waals surface area (Å²) in [6.07, 6.45) is 0. The summed E-state index contributed by atoms with van der Waals surface area (Å²) in [6.45, 7) is 3.17. The fourth-order valence-electron chi connectivity index (χ4n) is 2.69. The SMILES string of the molecule is Cn1c(-c2ccc(F)cc2Cl)nnc1C(C)(C)Oc1c(F)cc(Cl)cc1F. The van der Waals surface area contributed by atoms with E-state index in [0.717, 1.165) is 18.2 Å². The molecule has 0 aliphatic heterocycles. The third-order valence-electron chi connectivity index (χ3n) is 3.91. The number of hydrogen-bond acceptors (Lipinski definition) is 3. The summed E-state index contributed by atoms with van der Waals surface area (Å²) in [5.74, 6) is -2.29. The summed E-state index contributed by atoms with van der Waals surface area (Å²) in [6, 6.07) is 5.78. The Kier molecular flexibility index (Phi) is 5.10. The maximum atomic E-state index is 14.1. The molecule has 9 heteroatoms. The van der Waals surface area contributed by atoms with Crippen molar-refractivity contribution in [1.29, 1.82) is 0 Å². The first-order chi connectivity index (χ1) is 12.6. The van der Waals surface area contributed by atoms with E-state index in [1.807, 2.05) is 0 Å². The zero-order chi connectivity index (χ0) is 19.9. The highest BCUT2D eigenvalue weighted by Crippen LogP contribution is 2.34. The number of rotatable bonds is 4. The average molecular weight is 416 g/mol. The fraction of sp³-hybridized carbons (Fsp3) is 0.222. The Morgan fingerprint density at radius 2 is 1.63 bits per heavy atom. The lowest BCUT2D eigenvalue weighted by atomic mass is 10.1. The van der Waals surface area contributed by atoms with Crippen LogP contribution in [-0.4, -0.2) is 14.8 Å². The third kappa shape index (κ3) is 3.75. The molecule has 0 aliphatic rings. The van der Waals surface area contributed by atoms with Gasteiger partial charge in [-0.05, 0) is 44.2 Å². The summed E-state index contributed by atoms with van der Waals surface area (Å²) >= 11 is 11.7. The number of halogens is 5. The van der Waals surface area contributed by atoms with Crippen LogP contribution in [0.2, 0.25) is 10.0 Å². The van der Waals surface area contributed by atoms with E-state index >= 15 is 0 Å². The molecule has 0 saturated carbocycles. The first-order valence-electron chi connectivity index (χ1n) is 7.79. The van der Waals surface area contributed by atoms with E-state index < -0.39 is 28.8 Å². The van der Waals surface area contributed by atoms with E-state index in [1.54, 1.807) is 25.5 Å². The second-order valence-corrected chi connectivity index (χ2v) is 7.18. The van der Waals surface area contributed by atoms with Crippen molar-refractivity contribution in [2.75, 3.05) is 0 Å². The molecule has 1 heterocycles. The number of aromatic nitrogens is 3. The monoisotopic (exact) mass is 415 g/mol. The van der Waals surface area contributed by atoms with Gasteiger partial charge in [0, 0.05) is 17.6 Å². The molecule has 27 heavy (non-hydrogen) atoms. The summed E-state index contributed by atoms with van der Waals surface area (Å²) < 4.78 is 48.5. The highest BCUT2D eigenvalue weighted by molar-refractivity contribution is 6.33. The number of benzene rings is 2. The van der Waals surface area contributed by atoms with E-state index in [9.17, 15) is 13.2 Å². The van der Waals surface area contributed by atoms with Gasteiger partial charge in [-0.3, -0.25) is 0 Å². The maximum absolute atomic E-state index is 14.1. The Morgan fingerprint density at radius 1 is 1.00 bits per heavy atom. The van der Waals surface area contributed by atoms with Crippen LogP contribution >= 0.6 is 23.2 Å². The molecule has 4 nitrogen and oxygen atoms in total. The van der Waals surface area contributed by atoms with E-state index in [4.69, 9.17) is 27.9 Å².